The van der Waals surface area contributed by atoms with Crippen LogP contribution in [0.15, 0.2) is 53.4 Å². The van der Waals surface area contributed by atoms with Crippen LogP contribution in [0, 0.1) is 0 Å². The van der Waals surface area contributed by atoms with Crippen molar-refractivity contribution in [3.63, 3.8) is 0 Å². The highest BCUT2D eigenvalue weighted by Gasteiger charge is 2.17. The monoisotopic (exact) mass is 359 g/mol. The second-order valence-corrected chi connectivity index (χ2v) is 7.75. The lowest BCUT2D eigenvalue weighted by atomic mass is 10.3. The molecule has 0 aliphatic carbocycles. The van der Waals surface area contributed by atoms with E-state index in [0.29, 0.717) is 11.2 Å². The molecule has 1 N–H and O–H groups in total. The predicted molar refractivity (Wildman–Crippen MR) is 93.5 cm³/mol. The zero-order valence-corrected chi connectivity index (χ0v) is 14.6. The Morgan fingerprint density at radius 3 is 2.48 bits per heavy atom. The van der Waals surface area contributed by atoms with Gasteiger partial charge in [0, 0.05) is 19.8 Å². The van der Waals surface area contributed by atoms with Crippen molar-refractivity contribution >= 4 is 32.7 Å². The van der Waals surface area contributed by atoms with Crippen LogP contribution in [-0.4, -0.2) is 47.7 Å². The summed E-state index contributed by atoms with van der Waals surface area (Å²) in [5, 5.41) is 10.7. The molecule has 0 radical (unpaired) electrons. The van der Waals surface area contributed by atoms with E-state index >= 15 is 0 Å². The average molecular weight is 359 g/mol. The molecule has 130 valence electrons. The highest BCUT2D eigenvalue weighted by Crippen LogP contribution is 2.17. The van der Waals surface area contributed by atoms with Crippen LogP contribution in [0.3, 0.4) is 0 Å². The summed E-state index contributed by atoms with van der Waals surface area (Å²) in [7, 11) is -0.558. The number of para-hydroxylation sites is 1. The van der Waals surface area contributed by atoms with E-state index in [4.69, 9.17) is 0 Å². The lowest BCUT2D eigenvalue weighted by molar-refractivity contribution is -0.116. The molecule has 0 fully saturated rings. The van der Waals surface area contributed by atoms with E-state index in [9.17, 15) is 13.2 Å². The molecule has 2 aromatic carbocycles. The molecule has 8 nitrogen and oxygen atoms in total. The third-order valence-corrected chi connectivity index (χ3v) is 5.46. The smallest absolute Gasteiger partial charge is 0.246 e. The van der Waals surface area contributed by atoms with E-state index in [2.05, 4.69) is 15.6 Å². The van der Waals surface area contributed by atoms with E-state index in [1.165, 1.54) is 30.9 Å². The van der Waals surface area contributed by atoms with E-state index in [1.807, 2.05) is 24.3 Å². The molecule has 0 aliphatic rings. The molecular formula is C16H17N5O3S. The lowest BCUT2D eigenvalue weighted by Crippen LogP contribution is -2.22. The van der Waals surface area contributed by atoms with E-state index < -0.39 is 10.0 Å². The molecule has 0 unspecified atom stereocenters. The second-order valence-electron chi connectivity index (χ2n) is 5.60. The summed E-state index contributed by atoms with van der Waals surface area (Å²) < 4.78 is 26.7. The van der Waals surface area contributed by atoms with Gasteiger partial charge in [-0.1, -0.05) is 17.3 Å². The van der Waals surface area contributed by atoms with Crippen molar-refractivity contribution in [2.45, 2.75) is 11.4 Å². The van der Waals surface area contributed by atoms with E-state index in [1.54, 1.807) is 12.1 Å². The number of carbonyl (C=O) groups is 1. The van der Waals surface area contributed by atoms with E-state index in [0.717, 1.165) is 9.82 Å². The molecule has 1 heterocycles. The first kappa shape index (κ1) is 17.1. The Morgan fingerprint density at radius 1 is 1.12 bits per heavy atom. The largest absolute Gasteiger partial charge is 0.324 e. The molecule has 1 aromatic heterocycles. The number of anilines is 1. The van der Waals surface area contributed by atoms with Gasteiger partial charge in [-0.2, -0.15) is 0 Å². The van der Waals surface area contributed by atoms with Gasteiger partial charge in [0.2, 0.25) is 15.9 Å². The molecule has 3 rings (SSSR count). The van der Waals surface area contributed by atoms with Gasteiger partial charge in [-0.05, 0) is 36.4 Å². The van der Waals surface area contributed by atoms with Crippen LogP contribution in [-0.2, 0) is 21.4 Å². The minimum atomic E-state index is -3.49. The second kappa shape index (κ2) is 6.61. The molecule has 0 saturated carbocycles. The fourth-order valence-corrected chi connectivity index (χ4v) is 3.19. The zero-order valence-electron chi connectivity index (χ0n) is 13.7. The summed E-state index contributed by atoms with van der Waals surface area (Å²) in [6.07, 6.45) is 0. The molecule has 3 aromatic rings. The van der Waals surface area contributed by atoms with Crippen LogP contribution in [0.4, 0.5) is 5.69 Å². The van der Waals surface area contributed by atoms with Gasteiger partial charge < -0.3 is 5.32 Å². The molecular weight excluding hydrogens is 342 g/mol. The van der Waals surface area contributed by atoms with Gasteiger partial charge in [0.05, 0.1) is 10.4 Å². The van der Waals surface area contributed by atoms with Crippen molar-refractivity contribution in [3.8, 4) is 0 Å². The number of fused-ring (bicyclic) bond motifs is 1. The first-order valence-electron chi connectivity index (χ1n) is 7.48. The van der Waals surface area contributed by atoms with E-state index in [-0.39, 0.29) is 17.3 Å². The Kier molecular flexibility index (Phi) is 4.51. The predicted octanol–water partition coefficient (Wildman–Crippen LogP) is 1.32. The number of hydrogen-bond donors (Lipinski definition) is 1. The summed E-state index contributed by atoms with van der Waals surface area (Å²) in [5.41, 5.74) is 1.99. The Hall–Kier alpha value is -2.78. The van der Waals surface area contributed by atoms with Crippen LogP contribution < -0.4 is 5.32 Å². The Morgan fingerprint density at radius 2 is 1.80 bits per heavy atom. The number of carbonyl (C=O) groups excluding carboxylic acids is 1. The maximum Gasteiger partial charge on any atom is 0.246 e. The highest BCUT2D eigenvalue weighted by molar-refractivity contribution is 7.89. The number of sulfonamides is 1. The number of nitrogens with one attached hydrogen (secondary N) is 1. The summed E-state index contributed by atoms with van der Waals surface area (Å²) in [4.78, 5) is 12.4. The van der Waals surface area contributed by atoms with Crippen LogP contribution in [0.2, 0.25) is 0 Å². The molecule has 0 saturated heterocycles. The van der Waals surface area contributed by atoms with Gasteiger partial charge >= 0.3 is 0 Å². The van der Waals surface area contributed by atoms with Gasteiger partial charge in [-0.3, -0.25) is 4.79 Å². The number of benzene rings is 2. The first-order valence-corrected chi connectivity index (χ1v) is 8.92. The first-order chi connectivity index (χ1) is 11.9. The Bertz CT molecular complexity index is 1010. The van der Waals surface area contributed by atoms with Crippen molar-refractivity contribution in [2.24, 2.45) is 0 Å². The molecule has 9 heteroatoms. The zero-order chi connectivity index (χ0) is 18.0. The lowest BCUT2D eigenvalue weighted by Gasteiger charge is -2.12. The van der Waals surface area contributed by atoms with Crippen molar-refractivity contribution in [1.82, 2.24) is 19.3 Å². The fourth-order valence-electron chi connectivity index (χ4n) is 2.29. The van der Waals surface area contributed by atoms with Crippen molar-refractivity contribution < 1.29 is 13.2 Å². The van der Waals surface area contributed by atoms with Crippen molar-refractivity contribution in [2.75, 3.05) is 19.4 Å². The Balaban J connectivity index is 1.71. The topological polar surface area (TPSA) is 97.2 Å². The van der Waals surface area contributed by atoms with Gasteiger partial charge in [0.15, 0.2) is 0 Å². The average Bonchev–Trinajstić information content (AvgIpc) is 2.98. The summed E-state index contributed by atoms with van der Waals surface area (Å²) in [5.74, 6) is -0.279. The van der Waals surface area contributed by atoms with Crippen molar-refractivity contribution in [1.29, 1.82) is 0 Å². The van der Waals surface area contributed by atoms with Gasteiger partial charge in [-0.25, -0.2) is 17.4 Å². The van der Waals surface area contributed by atoms with Gasteiger partial charge in [0.1, 0.15) is 12.1 Å². The standard InChI is InChI=1S/C16H17N5O3S/c1-20(2)25(23,24)13-9-7-12(8-10-13)17-16(22)11-21-15-6-4-3-5-14(15)18-19-21/h3-10H,11H2,1-2H3,(H,17,22). The number of amides is 1. The number of nitrogens with zero attached hydrogens (tertiary/aromatic N) is 4. The van der Waals surface area contributed by atoms with Crippen LogP contribution in [0.5, 0.6) is 0 Å². The third-order valence-electron chi connectivity index (χ3n) is 3.63. The van der Waals surface area contributed by atoms with Crippen LogP contribution in [0.1, 0.15) is 0 Å². The molecule has 25 heavy (non-hydrogen) atoms. The fraction of sp³-hybridized carbons (Fsp3) is 0.188. The minimum Gasteiger partial charge on any atom is -0.324 e. The van der Waals surface area contributed by atoms with Crippen LogP contribution in [0.25, 0.3) is 11.0 Å². The number of aromatic nitrogens is 3. The van der Waals surface area contributed by atoms with Gasteiger partial charge in [-0.15, -0.1) is 5.10 Å². The maximum absolute atomic E-state index is 12.2. The summed E-state index contributed by atoms with van der Waals surface area (Å²) in [6, 6.07) is 13.4. The minimum absolute atomic E-state index is 0.0122. The van der Waals surface area contributed by atoms with Crippen LogP contribution >= 0.6 is 0 Å². The molecule has 0 atom stereocenters. The number of hydrogen-bond acceptors (Lipinski definition) is 5. The van der Waals surface area contributed by atoms with Crippen molar-refractivity contribution in [3.05, 3.63) is 48.5 Å². The maximum atomic E-state index is 12.2. The Labute approximate surface area is 145 Å². The van der Waals surface area contributed by atoms with Gasteiger partial charge in [0.25, 0.3) is 0 Å². The molecule has 0 bridgehead atoms. The molecule has 0 aliphatic heterocycles. The third kappa shape index (κ3) is 3.52. The SMILES string of the molecule is CN(C)S(=O)(=O)c1ccc(NC(=O)Cn2nnc3ccccc32)cc1. The summed E-state index contributed by atoms with van der Waals surface area (Å²) in [6.45, 7) is 0.0122. The normalized spacial score (nSPS) is 11.8. The molecule has 0 spiro atoms. The highest BCUT2D eigenvalue weighted by atomic mass is 32.2. The summed E-state index contributed by atoms with van der Waals surface area (Å²) >= 11 is 0. The quantitative estimate of drug-likeness (QED) is 0.741. The molecule has 1 amide bonds. The number of rotatable bonds is 5.